The number of hydrogen-bond acceptors (Lipinski definition) is 4. The van der Waals surface area contributed by atoms with Gasteiger partial charge in [-0.25, -0.2) is 0 Å². The van der Waals surface area contributed by atoms with Crippen molar-refractivity contribution >= 4 is 12.3 Å². The van der Waals surface area contributed by atoms with E-state index in [1.54, 1.807) is 0 Å². The zero-order chi connectivity index (χ0) is 14.8. The number of carbonyl (C=O) groups is 2. The molecule has 0 saturated heterocycles. The van der Waals surface area contributed by atoms with Gasteiger partial charge in [0.05, 0.1) is 5.92 Å². The van der Waals surface area contributed by atoms with Crippen molar-refractivity contribution in [1.82, 2.24) is 10.2 Å². The first-order chi connectivity index (χ1) is 8.93. The molecule has 19 heavy (non-hydrogen) atoms. The van der Waals surface area contributed by atoms with Gasteiger partial charge in [0, 0.05) is 25.0 Å². The maximum absolute atomic E-state index is 10.4. The topological polar surface area (TPSA) is 69.6 Å². The van der Waals surface area contributed by atoms with E-state index in [9.17, 15) is 9.59 Å². The number of carbonyl (C=O) groups excluding carboxylic acids is 1. The molecular formula is C14H28N2O3. The van der Waals surface area contributed by atoms with Crippen molar-refractivity contribution in [1.29, 1.82) is 0 Å². The lowest BCUT2D eigenvalue weighted by atomic mass is 9.98. The fourth-order valence-corrected chi connectivity index (χ4v) is 2.00. The molecule has 2 N–H and O–H groups in total. The lowest BCUT2D eigenvalue weighted by molar-refractivity contribution is -0.144. The first kappa shape index (κ1) is 18.1. The Kier molecular flexibility index (Phi) is 9.43. The second-order valence-corrected chi connectivity index (χ2v) is 5.35. The van der Waals surface area contributed by atoms with E-state index >= 15 is 0 Å². The van der Waals surface area contributed by atoms with Crippen molar-refractivity contribution in [2.75, 3.05) is 27.2 Å². The van der Waals surface area contributed by atoms with Crippen molar-refractivity contribution in [3.8, 4) is 0 Å². The van der Waals surface area contributed by atoms with E-state index in [1.807, 2.05) is 7.05 Å². The molecule has 1 aliphatic rings. The summed E-state index contributed by atoms with van der Waals surface area (Å²) in [5, 5.41) is 11.7. The van der Waals surface area contributed by atoms with E-state index in [4.69, 9.17) is 5.11 Å². The molecule has 1 rings (SSSR count). The third kappa shape index (κ3) is 7.28. The summed E-state index contributed by atoms with van der Waals surface area (Å²) in [5.74, 6) is -1.45. The summed E-state index contributed by atoms with van der Waals surface area (Å²) in [5.41, 5.74) is 0. The predicted octanol–water partition coefficient (Wildman–Crippen LogP) is 1.23. The van der Waals surface area contributed by atoms with Gasteiger partial charge in [-0.05, 0) is 40.8 Å². The number of carboxylic acid groups (broad SMARTS) is 1. The molecule has 2 atom stereocenters. The lowest BCUT2D eigenvalue weighted by Crippen LogP contribution is -2.32. The van der Waals surface area contributed by atoms with Crippen LogP contribution in [-0.4, -0.2) is 55.5 Å². The summed E-state index contributed by atoms with van der Waals surface area (Å²) in [6.07, 6.45) is 3.06. The molecule has 0 aromatic carbocycles. The molecule has 112 valence electrons. The van der Waals surface area contributed by atoms with Gasteiger partial charge in [0.2, 0.25) is 0 Å². The summed E-state index contributed by atoms with van der Waals surface area (Å²) in [7, 11) is 4.12. The van der Waals surface area contributed by atoms with Crippen molar-refractivity contribution in [3.63, 3.8) is 0 Å². The number of nitrogens with zero attached hydrogens (tertiary/aromatic N) is 1. The average Bonchev–Trinajstić information content (AvgIpc) is 2.84. The Bertz CT molecular complexity index is 269. The highest BCUT2D eigenvalue weighted by Crippen LogP contribution is 2.29. The molecule has 0 heterocycles. The van der Waals surface area contributed by atoms with Crippen LogP contribution in [0.1, 0.15) is 33.1 Å². The van der Waals surface area contributed by atoms with Gasteiger partial charge >= 0.3 is 5.97 Å². The Morgan fingerprint density at radius 2 is 2.11 bits per heavy atom. The predicted molar refractivity (Wildman–Crippen MR) is 76.2 cm³/mol. The van der Waals surface area contributed by atoms with Crippen molar-refractivity contribution in [2.45, 2.75) is 39.2 Å². The number of aliphatic carboxylic acids is 1. The highest BCUT2D eigenvalue weighted by molar-refractivity contribution is 5.75. The van der Waals surface area contributed by atoms with E-state index in [2.05, 4.69) is 31.1 Å². The smallest absolute Gasteiger partial charge is 0.307 e. The highest BCUT2D eigenvalue weighted by atomic mass is 16.4. The first-order valence-electron chi connectivity index (χ1n) is 6.97. The van der Waals surface area contributed by atoms with Crippen LogP contribution in [0.3, 0.4) is 0 Å². The first-order valence-corrected chi connectivity index (χ1v) is 6.97. The lowest BCUT2D eigenvalue weighted by Gasteiger charge is -2.20. The van der Waals surface area contributed by atoms with Crippen LogP contribution >= 0.6 is 0 Å². The molecule has 5 heteroatoms. The van der Waals surface area contributed by atoms with Crippen LogP contribution in [0.2, 0.25) is 0 Å². The summed E-state index contributed by atoms with van der Waals surface area (Å²) >= 11 is 0. The van der Waals surface area contributed by atoms with Crippen LogP contribution in [0.4, 0.5) is 0 Å². The van der Waals surface area contributed by atoms with E-state index in [1.165, 1.54) is 0 Å². The van der Waals surface area contributed by atoms with Crippen LogP contribution in [-0.2, 0) is 9.59 Å². The van der Waals surface area contributed by atoms with Gasteiger partial charge in [-0.15, -0.1) is 0 Å². The van der Waals surface area contributed by atoms with E-state index in [-0.39, 0.29) is 5.92 Å². The van der Waals surface area contributed by atoms with Crippen molar-refractivity contribution in [3.05, 3.63) is 0 Å². The average molecular weight is 272 g/mol. The van der Waals surface area contributed by atoms with Gasteiger partial charge in [-0.3, -0.25) is 4.79 Å². The van der Waals surface area contributed by atoms with Crippen LogP contribution in [0.15, 0.2) is 0 Å². The monoisotopic (exact) mass is 272 g/mol. The van der Waals surface area contributed by atoms with Crippen LogP contribution in [0, 0.1) is 11.8 Å². The number of hydrogen-bond donors (Lipinski definition) is 2. The molecule has 0 aromatic heterocycles. The minimum atomic E-state index is -0.824. The SMILES string of the molecule is CNCCN(C)C(C)C.O=CC1CCCC1C(=O)O. The molecule has 1 saturated carbocycles. The number of likely N-dealkylation sites (N-methyl/N-ethyl adjacent to an activating group) is 2. The van der Waals surface area contributed by atoms with Gasteiger partial charge in [-0.1, -0.05) is 6.42 Å². The summed E-state index contributed by atoms with van der Waals surface area (Å²) in [6.45, 7) is 6.62. The Morgan fingerprint density at radius 1 is 1.47 bits per heavy atom. The van der Waals surface area contributed by atoms with E-state index in [0.717, 1.165) is 32.2 Å². The zero-order valence-corrected chi connectivity index (χ0v) is 12.6. The molecule has 5 nitrogen and oxygen atoms in total. The Labute approximate surface area is 116 Å². The molecule has 0 radical (unpaired) electrons. The minimum Gasteiger partial charge on any atom is -0.481 e. The Balaban J connectivity index is 0.000000344. The van der Waals surface area contributed by atoms with Crippen LogP contribution in [0.5, 0.6) is 0 Å². The molecule has 0 amide bonds. The largest absolute Gasteiger partial charge is 0.481 e. The maximum Gasteiger partial charge on any atom is 0.307 e. The molecule has 0 spiro atoms. The standard InChI is InChI=1S/C7H18N2.C7H10O3/c1-7(2)9(4)6-5-8-3;8-4-5-2-1-3-6(5)7(9)10/h7-8H,5-6H2,1-4H3;4-6H,1-3H2,(H,9,10). The summed E-state index contributed by atoms with van der Waals surface area (Å²) < 4.78 is 0. The second kappa shape index (κ2) is 9.92. The number of nitrogens with one attached hydrogen (secondary N) is 1. The molecule has 1 aliphatic carbocycles. The summed E-state index contributed by atoms with van der Waals surface area (Å²) in [6, 6.07) is 0.665. The van der Waals surface area contributed by atoms with Gasteiger partial charge < -0.3 is 20.1 Å². The van der Waals surface area contributed by atoms with E-state index < -0.39 is 11.9 Å². The summed E-state index contributed by atoms with van der Waals surface area (Å²) in [4.78, 5) is 23.0. The molecular weight excluding hydrogens is 244 g/mol. The normalized spacial score (nSPS) is 22.2. The third-order valence-corrected chi connectivity index (χ3v) is 3.66. The molecule has 1 fully saturated rings. The van der Waals surface area contributed by atoms with Crippen molar-refractivity contribution < 1.29 is 14.7 Å². The molecule has 0 bridgehead atoms. The van der Waals surface area contributed by atoms with E-state index in [0.29, 0.717) is 12.5 Å². The highest BCUT2D eigenvalue weighted by Gasteiger charge is 2.32. The van der Waals surface area contributed by atoms with Gasteiger partial charge in [0.25, 0.3) is 0 Å². The Morgan fingerprint density at radius 3 is 2.47 bits per heavy atom. The fourth-order valence-electron chi connectivity index (χ4n) is 2.00. The minimum absolute atomic E-state index is 0.225. The Hall–Kier alpha value is -0.940. The number of rotatable bonds is 6. The van der Waals surface area contributed by atoms with Crippen molar-refractivity contribution in [2.24, 2.45) is 11.8 Å². The molecule has 0 aliphatic heterocycles. The number of carboxylic acids is 1. The second-order valence-electron chi connectivity index (χ2n) is 5.35. The third-order valence-electron chi connectivity index (χ3n) is 3.66. The number of aldehydes is 1. The van der Waals surface area contributed by atoms with Crippen LogP contribution < -0.4 is 5.32 Å². The van der Waals surface area contributed by atoms with Gasteiger partial charge in [0.15, 0.2) is 0 Å². The maximum atomic E-state index is 10.4. The van der Waals surface area contributed by atoms with Gasteiger partial charge in [0.1, 0.15) is 6.29 Å². The molecule has 0 aromatic rings. The van der Waals surface area contributed by atoms with Crippen LogP contribution in [0.25, 0.3) is 0 Å². The fraction of sp³-hybridized carbons (Fsp3) is 0.857. The van der Waals surface area contributed by atoms with Gasteiger partial charge in [-0.2, -0.15) is 0 Å². The quantitative estimate of drug-likeness (QED) is 0.712. The zero-order valence-electron chi connectivity index (χ0n) is 12.6. The molecule has 2 unspecified atom stereocenters.